The van der Waals surface area contributed by atoms with Gasteiger partial charge < -0.3 is 10.2 Å². The number of benzene rings is 2. The van der Waals surface area contributed by atoms with Crippen LogP contribution in [-0.2, 0) is 6.54 Å². The van der Waals surface area contributed by atoms with Crippen LogP contribution >= 0.6 is 0 Å². The fourth-order valence-electron chi connectivity index (χ4n) is 3.25. The van der Waals surface area contributed by atoms with Crippen LogP contribution < -0.4 is 10.2 Å². The zero-order valence-electron chi connectivity index (χ0n) is 15.0. The van der Waals surface area contributed by atoms with Crippen molar-refractivity contribution in [3.05, 3.63) is 77.4 Å². The molecule has 0 fully saturated rings. The number of nitrogens with one attached hydrogen (secondary N) is 1. The van der Waals surface area contributed by atoms with Crippen LogP contribution in [0.1, 0.15) is 29.1 Å². The third kappa shape index (κ3) is 3.33. The number of nitrogens with zero attached hydrogens (tertiary/aromatic N) is 3. The molecule has 144 valence electrons. The molecule has 1 N–H and O–H groups in total. The quantitative estimate of drug-likeness (QED) is 0.733. The molecule has 1 aromatic heterocycles. The highest BCUT2D eigenvalue weighted by Gasteiger charge is 2.31. The molecule has 1 amide bonds. The molecule has 28 heavy (non-hydrogen) atoms. The van der Waals surface area contributed by atoms with Gasteiger partial charge in [0.25, 0.3) is 5.91 Å². The lowest BCUT2D eigenvalue weighted by Crippen LogP contribution is -2.42. The van der Waals surface area contributed by atoms with Crippen molar-refractivity contribution in [3.63, 3.8) is 0 Å². The number of hydrogen-bond donors (Lipinski definition) is 1. The van der Waals surface area contributed by atoms with Crippen molar-refractivity contribution in [1.29, 1.82) is 0 Å². The number of carbonyl (C=O) groups is 1. The zero-order valence-corrected chi connectivity index (χ0v) is 15.0. The Bertz CT molecular complexity index is 1030. The summed E-state index contributed by atoms with van der Waals surface area (Å²) in [5.74, 6) is -1.96. The van der Waals surface area contributed by atoms with E-state index in [1.54, 1.807) is 27.8 Å². The Hall–Kier alpha value is -3.29. The zero-order chi connectivity index (χ0) is 19.8. The summed E-state index contributed by atoms with van der Waals surface area (Å²) in [4.78, 5) is 14.5. The van der Waals surface area contributed by atoms with Gasteiger partial charge in [0, 0.05) is 18.3 Å². The van der Waals surface area contributed by atoms with Crippen molar-refractivity contribution < 1.29 is 18.0 Å². The molecule has 0 radical (unpaired) electrons. The average Bonchev–Trinajstić information content (AvgIpc) is 3.10. The fraction of sp³-hybridized carbons (Fsp3) is 0.200. The van der Waals surface area contributed by atoms with Gasteiger partial charge in [-0.15, -0.1) is 0 Å². The molecule has 2 heterocycles. The highest BCUT2D eigenvalue weighted by Crippen LogP contribution is 2.27. The van der Waals surface area contributed by atoms with Crippen molar-refractivity contribution in [2.75, 3.05) is 16.8 Å². The number of halogens is 3. The molecular formula is C20H17F3N4O. The first-order valence-corrected chi connectivity index (χ1v) is 8.77. The van der Waals surface area contributed by atoms with E-state index in [9.17, 15) is 18.0 Å². The van der Waals surface area contributed by atoms with Crippen molar-refractivity contribution in [2.45, 2.75) is 19.5 Å². The van der Waals surface area contributed by atoms with Gasteiger partial charge in [0.1, 0.15) is 23.1 Å². The van der Waals surface area contributed by atoms with Crippen LogP contribution in [0.25, 0.3) is 0 Å². The second-order valence-electron chi connectivity index (χ2n) is 6.68. The van der Waals surface area contributed by atoms with Crippen LogP contribution in [0, 0.1) is 17.5 Å². The second kappa shape index (κ2) is 7.03. The Morgan fingerprint density at radius 1 is 1.07 bits per heavy atom. The number of anilines is 2. The number of hydrogen-bond acceptors (Lipinski definition) is 3. The van der Waals surface area contributed by atoms with Crippen LogP contribution in [0.5, 0.6) is 0 Å². The monoisotopic (exact) mass is 386 g/mol. The van der Waals surface area contributed by atoms with E-state index < -0.39 is 11.6 Å². The largest absolute Gasteiger partial charge is 0.377 e. The van der Waals surface area contributed by atoms with Crippen LogP contribution in [0.4, 0.5) is 24.5 Å². The third-order valence-electron chi connectivity index (χ3n) is 4.64. The van der Waals surface area contributed by atoms with Gasteiger partial charge in [0.15, 0.2) is 0 Å². The predicted octanol–water partition coefficient (Wildman–Crippen LogP) is 4.13. The van der Waals surface area contributed by atoms with Crippen molar-refractivity contribution in [2.24, 2.45) is 0 Å². The van der Waals surface area contributed by atoms with Gasteiger partial charge in [0.2, 0.25) is 0 Å². The number of aromatic nitrogens is 2. The molecule has 4 rings (SSSR count). The number of rotatable bonds is 4. The van der Waals surface area contributed by atoms with Crippen molar-refractivity contribution >= 4 is 17.3 Å². The van der Waals surface area contributed by atoms with Gasteiger partial charge in [-0.05, 0) is 49.4 Å². The molecule has 0 spiro atoms. The second-order valence-corrected chi connectivity index (χ2v) is 6.68. The molecule has 1 atom stereocenters. The van der Waals surface area contributed by atoms with Crippen molar-refractivity contribution in [1.82, 2.24) is 9.78 Å². The van der Waals surface area contributed by atoms with E-state index in [4.69, 9.17) is 0 Å². The highest BCUT2D eigenvalue weighted by molar-refractivity contribution is 6.05. The van der Waals surface area contributed by atoms with E-state index in [1.165, 1.54) is 18.2 Å². The first-order chi connectivity index (χ1) is 13.4. The first-order valence-electron chi connectivity index (χ1n) is 8.77. The Morgan fingerprint density at radius 3 is 2.50 bits per heavy atom. The maximum Gasteiger partial charge on any atom is 0.276 e. The minimum Gasteiger partial charge on any atom is -0.377 e. The minimum atomic E-state index is -0.698. The summed E-state index contributed by atoms with van der Waals surface area (Å²) in [6.45, 7) is 2.51. The summed E-state index contributed by atoms with van der Waals surface area (Å²) < 4.78 is 41.6. The van der Waals surface area contributed by atoms with E-state index in [1.807, 2.05) is 6.92 Å². The van der Waals surface area contributed by atoms with Gasteiger partial charge in [0.05, 0.1) is 24.0 Å². The first kappa shape index (κ1) is 18.1. The molecule has 8 heteroatoms. The molecule has 0 bridgehead atoms. The lowest BCUT2D eigenvalue weighted by Gasteiger charge is -2.31. The van der Waals surface area contributed by atoms with E-state index in [0.29, 0.717) is 23.6 Å². The summed E-state index contributed by atoms with van der Waals surface area (Å²) >= 11 is 0. The van der Waals surface area contributed by atoms with Gasteiger partial charge in [-0.1, -0.05) is 0 Å². The SMILES string of the molecule is CC1CN(c2ccc(F)cc2)C(=O)c2cc(CNc3ccc(F)cc3F)nn21. The Kier molecular flexibility index (Phi) is 4.54. The molecule has 1 unspecified atom stereocenters. The molecule has 2 aromatic carbocycles. The van der Waals surface area contributed by atoms with E-state index in [-0.39, 0.29) is 30.0 Å². The number of amides is 1. The normalized spacial score (nSPS) is 16.2. The van der Waals surface area contributed by atoms with E-state index in [0.717, 1.165) is 12.1 Å². The van der Waals surface area contributed by atoms with Crippen LogP contribution in [0.3, 0.4) is 0 Å². The van der Waals surface area contributed by atoms with Gasteiger partial charge in [-0.2, -0.15) is 5.10 Å². The third-order valence-corrected chi connectivity index (χ3v) is 4.64. The average molecular weight is 386 g/mol. The maximum atomic E-state index is 13.8. The summed E-state index contributed by atoms with van der Waals surface area (Å²) in [7, 11) is 0. The Morgan fingerprint density at radius 2 is 1.79 bits per heavy atom. The Labute approximate surface area is 159 Å². The van der Waals surface area contributed by atoms with Gasteiger partial charge in [-0.3, -0.25) is 9.48 Å². The van der Waals surface area contributed by atoms with Crippen LogP contribution in [0.2, 0.25) is 0 Å². The molecule has 0 saturated carbocycles. The fourth-order valence-corrected chi connectivity index (χ4v) is 3.25. The molecule has 3 aromatic rings. The predicted molar refractivity (Wildman–Crippen MR) is 98.7 cm³/mol. The number of fused-ring (bicyclic) bond motifs is 1. The summed E-state index contributed by atoms with van der Waals surface area (Å²) in [5, 5.41) is 7.30. The van der Waals surface area contributed by atoms with Crippen LogP contribution in [-0.4, -0.2) is 22.2 Å². The summed E-state index contributed by atoms with van der Waals surface area (Å²) in [5.41, 5.74) is 1.72. The lowest BCUT2D eigenvalue weighted by atomic mass is 10.1. The smallest absolute Gasteiger partial charge is 0.276 e. The molecule has 1 aliphatic rings. The molecule has 1 aliphatic heterocycles. The maximum absolute atomic E-state index is 13.8. The van der Waals surface area contributed by atoms with Gasteiger partial charge in [-0.25, -0.2) is 13.2 Å². The highest BCUT2D eigenvalue weighted by atomic mass is 19.1. The minimum absolute atomic E-state index is 0.0888. The van der Waals surface area contributed by atoms with Crippen molar-refractivity contribution in [3.8, 4) is 0 Å². The summed E-state index contributed by atoms with van der Waals surface area (Å²) in [6, 6.07) is 10.6. The standard InChI is InChI=1S/C20H17F3N4O/c1-12-11-26(16-5-2-13(21)3-6-16)20(28)19-9-15(25-27(12)19)10-24-18-7-4-14(22)8-17(18)23/h2-9,12,24H,10-11H2,1H3. The molecule has 5 nitrogen and oxygen atoms in total. The van der Waals surface area contributed by atoms with Gasteiger partial charge >= 0.3 is 0 Å². The molecule has 0 saturated heterocycles. The lowest BCUT2D eigenvalue weighted by molar-refractivity contribution is 0.0953. The molecular weight excluding hydrogens is 369 g/mol. The number of carbonyl (C=O) groups excluding carboxylic acids is 1. The molecule has 0 aliphatic carbocycles. The van der Waals surface area contributed by atoms with Crippen LogP contribution in [0.15, 0.2) is 48.5 Å². The Balaban J connectivity index is 1.55. The van der Waals surface area contributed by atoms with E-state index >= 15 is 0 Å². The van der Waals surface area contributed by atoms with E-state index in [2.05, 4.69) is 10.4 Å². The topological polar surface area (TPSA) is 50.2 Å². The summed E-state index contributed by atoms with van der Waals surface area (Å²) in [6.07, 6.45) is 0.